The van der Waals surface area contributed by atoms with E-state index in [2.05, 4.69) is 24.3 Å². The highest BCUT2D eigenvalue weighted by atomic mass is 16.3. The first-order valence-corrected chi connectivity index (χ1v) is 11.0. The second kappa shape index (κ2) is 6.64. The number of aliphatic hydroxyl groups excluding tert-OH is 1. The van der Waals surface area contributed by atoms with Crippen LogP contribution in [0.3, 0.4) is 0 Å². The minimum absolute atomic E-state index is 0.0351. The molecule has 1 heterocycles. The molecule has 7 rings (SSSR count). The van der Waals surface area contributed by atoms with E-state index >= 15 is 0 Å². The Morgan fingerprint density at radius 3 is 2.07 bits per heavy atom. The van der Waals surface area contributed by atoms with Crippen LogP contribution in [0.15, 0.2) is 66.7 Å². The molecule has 4 heteroatoms. The number of nitrogens with zero attached hydrogens (tertiary/aromatic N) is 1. The lowest BCUT2D eigenvalue weighted by molar-refractivity contribution is -0.124. The molecule has 1 saturated heterocycles. The third kappa shape index (κ3) is 2.63. The average Bonchev–Trinajstić information content (AvgIpc) is 3.56. The lowest BCUT2D eigenvalue weighted by Crippen LogP contribution is -2.40. The fraction of sp³-hybridized carbons (Fsp3) is 0.385. The Balaban J connectivity index is 1.18. The molecule has 1 N–H and O–H groups in total. The van der Waals surface area contributed by atoms with Gasteiger partial charge in [0.25, 0.3) is 0 Å². The van der Waals surface area contributed by atoms with E-state index in [1.54, 1.807) is 0 Å². The van der Waals surface area contributed by atoms with Gasteiger partial charge in [-0.1, -0.05) is 54.6 Å². The molecule has 0 aromatic heterocycles. The molecule has 0 spiro atoms. The third-order valence-corrected chi connectivity index (χ3v) is 7.75. The van der Waals surface area contributed by atoms with Gasteiger partial charge in [0.1, 0.15) is 0 Å². The number of rotatable bonds is 5. The van der Waals surface area contributed by atoms with Gasteiger partial charge in [-0.3, -0.25) is 14.5 Å². The first-order chi connectivity index (χ1) is 14.6. The van der Waals surface area contributed by atoms with Gasteiger partial charge < -0.3 is 5.11 Å². The monoisotopic (exact) mass is 399 g/mol. The van der Waals surface area contributed by atoms with Gasteiger partial charge >= 0.3 is 0 Å². The SMILES string of the molecule is O=C1C2C3C=CC(C2C(=O)N1c1ccc(C(O)CCc2ccccc2)cc1)[C@H]1CC31. The quantitative estimate of drug-likeness (QED) is 0.613. The van der Waals surface area contributed by atoms with Crippen LogP contribution in [0.4, 0.5) is 5.69 Å². The molecule has 2 amide bonds. The first-order valence-electron chi connectivity index (χ1n) is 11.0. The second-order valence-electron chi connectivity index (χ2n) is 9.30. The number of carbonyl (C=O) groups is 2. The highest BCUT2D eigenvalue weighted by molar-refractivity contribution is 6.22. The summed E-state index contributed by atoms with van der Waals surface area (Å²) in [7, 11) is 0. The molecule has 152 valence electrons. The van der Waals surface area contributed by atoms with Crippen molar-refractivity contribution in [1.82, 2.24) is 0 Å². The van der Waals surface area contributed by atoms with Crippen molar-refractivity contribution in [1.29, 1.82) is 0 Å². The van der Waals surface area contributed by atoms with Crippen molar-refractivity contribution in [3.05, 3.63) is 77.9 Å². The predicted molar refractivity (Wildman–Crippen MR) is 113 cm³/mol. The zero-order valence-corrected chi connectivity index (χ0v) is 16.7. The largest absolute Gasteiger partial charge is 0.388 e. The molecule has 4 aliphatic carbocycles. The van der Waals surface area contributed by atoms with Crippen molar-refractivity contribution in [2.75, 3.05) is 4.90 Å². The highest BCUT2D eigenvalue weighted by Gasteiger charge is 2.67. The Kier molecular flexibility index (Phi) is 4.00. The van der Waals surface area contributed by atoms with Crippen molar-refractivity contribution < 1.29 is 14.7 Å². The summed E-state index contributed by atoms with van der Waals surface area (Å²) in [4.78, 5) is 27.8. The van der Waals surface area contributed by atoms with Crippen molar-refractivity contribution in [2.24, 2.45) is 35.5 Å². The number of aryl methyl sites for hydroxylation is 1. The molecule has 30 heavy (non-hydrogen) atoms. The van der Waals surface area contributed by atoms with Gasteiger partial charge in [0, 0.05) is 0 Å². The zero-order valence-electron chi connectivity index (χ0n) is 16.7. The van der Waals surface area contributed by atoms with E-state index in [1.165, 1.54) is 16.9 Å². The van der Waals surface area contributed by atoms with E-state index in [0.717, 1.165) is 12.0 Å². The van der Waals surface area contributed by atoms with Gasteiger partial charge in [-0.2, -0.15) is 0 Å². The smallest absolute Gasteiger partial charge is 0.238 e. The molecule has 2 aromatic rings. The normalized spacial score (nSPS) is 34.1. The van der Waals surface area contributed by atoms with Crippen LogP contribution in [0, 0.1) is 35.5 Å². The van der Waals surface area contributed by atoms with Crippen LogP contribution in [-0.4, -0.2) is 16.9 Å². The molecule has 5 aliphatic rings. The minimum Gasteiger partial charge on any atom is -0.388 e. The van der Waals surface area contributed by atoms with Gasteiger partial charge in [-0.25, -0.2) is 0 Å². The summed E-state index contributed by atoms with van der Waals surface area (Å²) in [6, 6.07) is 17.4. The first kappa shape index (κ1) is 18.1. The number of aliphatic hydroxyl groups is 1. The van der Waals surface area contributed by atoms with Crippen LogP contribution in [0.1, 0.15) is 30.1 Å². The highest BCUT2D eigenvalue weighted by Crippen LogP contribution is 2.65. The number of hydrogen-bond acceptors (Lipinski definition) is 3. The number of hydrogen-bond donors (Lipinski definition) is 1. The summed E-state index contributed by atoms with van der Waals surface area (Å²) >= 11 is 0. The summed E-state index contributed by atoms with van der Waals surface area (Å²) < 4.78 is 0. The van der Waals surface area contributed by atoms with Crippen LogP contribution >= 0.6 is 0 Å². The van der Waals surface area contributed by atoms with Crippen molar-refractivity contribution in [2.45, 2.75) is 25.4 Å². The summed E-state index contributed by atoms with van der Waals surface area (Å²) in [5.74, 6) is 1.29. The number of anilines is 1. The molecule has 2 saturated carbocycles. The summed E-state index contributed by atoms with van der Waals surface area (Å²) in [5.41, 5.74) is 2.64. The Morgan fingerprint density at radius 1 is 0.867 bits per heavy atom. The van der Waals surface area contributed by atoms with Gasteiger partial charge in [0.2, 0.25) is 11.8 Å². The van der Waals surface area contributed by atoms with Crippen molar-refractivity contribution in [3.8, 4) is 0 Å². The van der Waals surface area contributed by atoms with E-state index in [9.17, 15) is 14.7 Å². The molecule has 0 radical (unpaired) electrons. The lowest BCUT2D eigenvalue weighted by Gasteiger charge is -2.37. The number of amides is 2. The van der Waals surface area contributed by atoms with E-state index in [1.807, 2.05) is 42.5 Å². The van der Waals surface area contributed by atoms with E-state index in [4.69, 9.17) is 0 Å². The summed E-state index contributed by atoms with van der Waals surface area (Å²) in [6.45, 7) is 0. The molecule has 2 aromatic carbocycles. The Morgan fingerprint density at radius 2 is 1.47 bits per heavy atom. The Hall–Kier alpha value is -2.72. The maximum absolute atomic E-state index is 13.2. The number of imide groups is 1. The molecular weight excluding hydrogens is 374 g/mol. The van der Waals surface area contributed by atoms with Crippen LogP contribution < -0.4 is 4.90 Å². The van der Waals surface area contributed by atoms with Crippen LogP contribution in [0.2, 0.25) is 0 Å². The van der Waals surface area contributed by atoms with Crippen LogP contribution in [-0.2, 0) is 16.0 Å². The van der Waals surface area contributed by atoms with Crippen molar-refractivity contribution in [3.63, 3.8) is 0 Å². The van der Waals surface area contributed by atoms with Crippen molar-refractivity contribution >= 4 is 17.5 Å². The molecule has 4 nitrogen and oxygen atoms in total. The maximum atomic E-state index is 13.2. The lowest BCUT2D eigenvalue weighted by atomic mass is 9.63. The summed E-state index contributed by atoms with van der Waals surface area (Å²) in [5, 5.41) is 10.6. The fourth-order valence-electron chi connectivity index (χ4n) is 6.17. The van der Waals surface area contributed by atoms with E-state index in [-0.39, 0.29) is 35.5 Å². The van der Waals surface area contributed by atoms with Gasteiger partial charge in [0.15, 0.2) is 0 Å². The predicted octanol–water partition coefficient (Wildman–Crippen LogP) is 3.91. The number of carbonyl (C=O) groups excluding carboxylic acids is 2. The van der Waals surface area contributed by atoms with Crippen LogP contribution in [0.5, 0.6) is 0 Å². The van der Waals surface area contributed by atoms with Gasteiger partial charge in [0.05, 0.1) is 23.6 Å². The van der Waals surface area contributed by atoms with Crippen LogP contribution in [0.25, 0.3) is 0 Å². The average molecular weight is 399 g/mol. The van der Waals surface area contributed by atoms with E-state index < -0.39 is 6.10 Å². The maximum Gasteiger partial charge on any atom is 0.238 e. The molecule has 7 atom stereocenters. The standard InChI is InChI=1S/C26H25NO3/c28-22(13-6-15-4-2-1-3-5-15)16-7-9-17(10-8-16)27-25(29)23-18-11-12-19(21-14-20(18)21)24(23)26(27)30/h1-5,7-12,18-24,28H,6,13-14H2/t18?,19?,20-,21?,22?,23?,24?/m1/s1. The molecule has 1 aliphatic heterocycles. The minimum atomic E-state index is -0.570. The van der Waals surface area contributed by atoms with Gasteiger partial charge in [-0.05, 0) is 66.2 Å². The fourth-order valence-corrected chi connectivity index (χ4v) is 6.17. The molecular formula is C26H25NO3. The van der Waals surface area contributed by atoms with Gasteiger partial charge in [-0.15, -0.1) is 0 Å². The zero-order chi connectivity index (χ0) is 20.4. The summed E-state index contributed by atoms with van der Waals surface area (Å²) in [6.07, 6.45) is 6.42. The number of benzene rings is 2. The topological polar surface area (TPSA) is 57.6 Å². The Bertz CT molecular complexity index is 992. The second-order valence-corrected chi connectivity index (χ2v) is 9.30. The Labute approximate surface area is 176 Å². The third-order valence-electron chi connectivity index (χ3n) is 7.75. The molecule has 2 bridgehead atoms. The van der Waals surface area contributed by atoms with E-state index in [0.29, 0.717) is 23.9 Å². The number of allylic oxidation sites excluding steroid dienone is 2. The molecule has 3 fully saturated rings. The molecule has 6 unspecified atom stereocenters.